The number of nitrogens with zero attached hydrogens (tertiary/aromatic N) is 2. The van der Waals surface area contributed by atoms with Crippen molar-refractivity contribution >= 4 is 75.4 Å². The van der Waals surface area contributed by atoms with E-state index in [4.69, 9.17) is 56.1 Å². The first-order valence-corrected chi connectivity index (χ1v) is 13.3. The molecule has 0 saturated carbocycles. The Hall–Kier alpha value is -2.81. The molecule has 7 nitrogen and oxygen atoms in total. The standard InChI is InChI=1S/C27H18Cl4N4O3/c1-38-17-4-2-12(3-5-17)6-20-21-23(36)35(16-8-13(28)7-14(29)9-16)25(37)27(21)26(33-20)18-10-15(30)11-19(31)22(18)32-24(26)34-27/h2-5,7-11,20-21,33H,6H2,1H3,(H,32,34). The van der Waals surface area contributed by atoms with E-state index in [0.29, 0.717) is 49.3 Å². The topological polar surface area (TPSA) is 83.0 Å². The molecule has 3 aromatic carbocycles. The zero-order valence-electron chi connectivity index (χ0n) is 19.7. The maximum Gasteiger partial charge on any atom is 0.265 e. The predicted molar refractivity (Wildman–Crippen MR) is 148 cm³/mol. The predicted octanol–water partition coefficient (Wildman–Crippen LogP) is 5.48. The molecule has 7 rings (SSSR count). The highest BCUT2D eigenvalue weighted by Gasteiger charge is 2.84. The van der Waals surface area contributed by atoms with Crippen LogP contribution in [0.2, 0.25) is 20.1 Å². The average Bonchev–Trinajstić information content (AvgIpc) is 3.34. The largest absolute Gasteiger partial charge is 0.497 e. The van der Waals surface area contributed by atoms with Crippen LogP contribution in [-0.4, -0.2) is 36.3 Å². The Morgan fingerprint density at radius 3 is 2.34 bits per heavy atom. The van der Waals surface area contributed by atoms with E-state index in [9.17, 15) is 9.59 Å². The third kappa shape index (κ3) is 2.94. The van der Waals surface area contributed by atoms with Gasteiger partial charge in [-0.1, -0.05) is 58.5 Å². The number of hydrogen-bond donors (Lipinski definition) is 2. The lowest BCUT2D eigenvalue weighted by molar-refractivity contribution is -0.124. The van der Waals surface area contributed by atoms with Crippen LogP contribution in [0.3, 0.4) is 0 Å². The van der Waals surface area contributed by atoms with Crippen molar-refractivity contribution in [3.63, 3.8) is 0 Å². The number of benzene rings is 3. The van der Waals surface area contributed by atoms with Gasteiger partial charge in [0.25, 0.3) is 5.91 Å². The van der Waals surface area contributed by atoms with Crippen LogP contribution in [0.5, 0.6) is 5.75 Å². The summed E-state index contributed by atoms with van der Waals surface area (Å²) in [7, 11) is 1.60. The number of hydrogen-bond acceptors (Lipinski definition) is 6. The smallest absolute Gasteiger partial charge is 0.265 e. The maximum absolute atomic E-state index is 14.4. The van der Waals surface area contributed by atoms with E-state index < -0.39 is 28.9 Å². The van der Waals surface area contributed by atoms with Gasteiger partial charge in [-0.05, 0) is 54.4 Å². The van der Waals surface area contributed by atoms with E-state index in [1.807, 2.05) is 24.3 Å². The van der Waals surface area contributed by atoms with Crippen molar-refractivity contribution in [1.29, 1.82) is 0 Å². The Balaban J connectivity index is 1.40. The molecule has 192 valence electrons. The summed E-state index contributed by atoms with van der Waals surface area (Å²) in [6, 6.07) is 15.2. The number of halogens is 4. The number of aliphatic imine (C=N–C) groups is 1. The van der Waals surface area contributed by atoms with Crippen LogP contribution in [0.15, 0.2) is 59.6 Å². The highest BCUT2D eigenvalue weighted by Crippen LogP contribution is 2.64. The fraction of sp³-hybridized carbons (Fsp3) is 0.222. The van der Waals surface area contributed by atoms with Crippen molar-refractivity contribution in [2.24, 2.45) is 10.9 Å². The number of anilines is 2. The number of fused-ring (bicyclic) bond motifs is 1. The molecule has 0 aromatic heterocycles. The molecule has 2 fully saturated rings. The molecule has 2 spiro atoms. The average molecular weight is 588 g/mol. The van der Waals surface area contributed by atoms with Crippen molar-refractivity contribution in [3.05, 3.63) is 85.8 Å². The molecule has 0 radical (unpaired) electrons. The second-order valence-corrected chi connectivity index (χ2v) is 11.5. The molecule has 2 N–H and O–H groups in total. The molecule has 4 heterocycles. The third-order valence-electron chi connectivity index (χ3n) is 7.91. The van der Waals surface area contributed by atoms with Gasteiger partial charge < -0.3 is 10.1 Å². The molecule has 4 aliphatic heterocycles. The van der Waals surface area contributed by atoms with Crippen molar-refractivity contribution in [1.82, 2.24) is 5.32 Å². The number of amidine groups is 1. The van der Waals surface area contributed by atoms with Crippen LogP contribution in [0, 0.1) is 5.92 Å². The maximum atomic E-state index is 14.4. The van der Waals surface area contributed by atoms with Gasteiger partial charge in [0.2, 0.25) is 5.91 Å². The Labute approximate surface area is 237 Å². The van der Waals surface area contributed by atoms with Gasteiger partial charge in [0.15, 0.2) is 5.54 Å². The molecule has 4 aliphatic rings. The van der Waals surface area contributed by atoms with Gasteiger partial charge in [0.05, 0.1) is 29.4 Å². The Kier molecular flexibility index (Phi) is 5.17. The molecule has 2 saturated heterocycles. The molecule has 4 unspecified atom stereocenters. The highest BCUT2D eigenvalue weighted by atomic mass is 35.5. The monoisotopic (exact) mass is 586 g/mol. The van der Waals surface area contributed by atoms with Gasteiger partial charge >= 0.3 is 0 Å². The molecule has 3 aromatic rings. The number of carbonyl (C=O) groups is 2. The van der Waals surface area contributed by atoms with Gasteiger partial charge in [-0.3, -0.25) is 14.9 Å². The van der Waals surface area contributed by atoms with Crippen LogP contribution >= 0.6 is 46.4 Å². The number of carbonyl (C=O) groups excluding carboxylic acids is 2. The second-order valence-electron chi connectivity index (χ2n) is 9.80. The van der Waals surface area contributed by atoms with Gasteiger partial charge in [-0.25, -0.2) is 9.89 Å². The minimum atomic E-state index is -1.43. The van der Waals surface area contributed by atoms with Crippen LogP contribution in [-0.2, 0) is 21.5 Å². The summed E-state index contributed by atoms with van der Waals surface area (Å²) in [6.07, 6.45) is 0.466. The van der Waals surface area contributed by atoms with Crippen LogP contribution in [0.4, 0.5) is 11.4 Å². The van der Waals surface area contributed by atoms with E-state index in [-0.39, 0.29) is 5.91 Å². The lowest BCUT2D eigenvalue weighted by atomic mass is 9.65. The second kappa shape index (κ2) is 8.10. The van der Waals surface area contributed by atoms with E-state index in [1.165, 1.54) is 0 Å². The van der Waals surface area contributed by atoms with E-state index in [1.54, 1.807) is 37.4 Å². The summed E-state index contributed by atoms with van der Waals surface area (Å²) >= 11 is 25.5. The van der Waals surface area contributed by atoms with E-state index in [0.717, 1.165) is 16.2 Å². The number of ether oxygens (including phenoxy) is 1. The number of imide groups is 1. The summed E-state index contributed by atoms with van der Waals surface area (Å²) in [5.41, 5.74) is 0.0538. The molecular weight excluding hydrogens is 570 g/mol. The molecule has 11 heteroatoms. The van der Waals surface area contributed by atoms with Gasteiger partial charge in [0, 0.05) is 26.7 Å². The quantitative estimate of drug-likeness (QED) is 0.395. The zero-order chi connectivity index (χ0) is 26.6. The molecule has 4 atom stereocenters. The lowest BCUT2D eigenvalue weighted by Gasteiger charge is -2.46. The van der Waals surface area contributed by atoms with Crippen LogP contribution in [0.1, 0.15) is 11.1 Å². The number of methoxy groups -OCH3 is 1. The van der Waals surface area contributed by atoms with E-state index >= 15 is 0 Å². The molecular formula is C27H18Cl4N4O3. The minimum Gasteiger partial charge on any atom is -0.497 e. The lowest BCUT2D eigenvalue weighted by Crippen LogP contribution is -2.69. The first-order valence-electron chi connectivity index (χ1n) is 11.8. The molecule has 2 amide bonds. The Bertz CT molecular complexity index is 1590. The first kappa shape index (κ1) is 24.2. The summed E-state index contributed by atoms with van der Waals surface area (Å²) in [5.74, 6) is -0.371. The van der Waals surface area contributed by atoms with Gasteiger partial charge in [-0.15, -0.1) is 0 Å². The van der Waals surface area contributed by atoms with Gasteiger partial charge in [-0.2, -0.15) is 0 Å². The fourth-order valence-electron chi connectivity index (χ4n) is 6.45. The Morgan fingerprint density at radius 1 is 0.974 bits per heavy atom. The first-order chi connectivity index (χ1) is 18.2. The van der Waals surface area contributed by atoms with Crippen molar-refractivity contribution < 1.29 is 14.3 Å². The summed E-state index contributed by atoms with van der Waals surface area (Å²) < 4.78 is 5.29. The fourth-order valence-corrected chi connectivity index (χ4v) is 7.51. The number of rotatable bonds is 4. The highest BCUT2D eigenvalue weighted by molar-refractivity contribution is 6.40. The summed E-state index contributed by atoms with van der Waals surface area (Å²) in [5, 5.41) is 8.35. The van der Waals surface area contributed by atoms with E-state index in [2.05, 4.69) is 10.6 Å². The SMILES string of the molecule is COc1ccc(CC2NC34C(=NC35C(=O)N(c3cc(Cl)cc(Cl)c3)C(=O)C25)Nc2c(Cl)cc(Cl)cc24)cc1. The summed E-state index contributed by atoms with van der Waals surface area (Å²) in [6.45, 7) is 0. The minimum absolute atomic E-state index is 0.304. The molecule has 0 aliphatic carbocycles. The van der Waals surface area contributed by atoms with Crippen molar-refractivity contribution in [3.8, 4) is 5.75 Å². The van der Waals surface area contributed by atoms with Crippen LogP contribution in [0.25, 0.3) is 0 Å². The van der Waals surface area contributed by atoms with Gasteiger partial charge in [0.1, 0.15) is 17.1 Å². The molecule has 38 heavy (non-hydrogen) atoms. The summed E-state index contributed by atoms with van der Waals surface area (Å²) in [4.78, 5) is 34.5. The van der Waals surface area contributed by atoms with Crippen molar-refractivity contribution in [2.75, 3.05) is 17.3 Å². The zero-order valence-corrected chi connectivity index (χ0v) is 22.7. The molecule has 0 bridgehead atoms. The normalized spacial score (nSPS) is 28.2. The van der Waals surface area contributed by atoms with Crippen molar-refractivity contribution in [2.45, 2.75) is 23.5 Å². The Morgan fingerprint density at radius 2 is 1.66 bits per heavy atom. The third-order valence-corrected chi connectivity index (χ3v) is 8.86. The number of amides is 2. The number of nitrogens with one attached hydrogen (secondary N) is 2. The van der Waals surface area contributed by atoms with Crippen LogP contribution < -0.4 is 20.3 Å².